The highest BCUT2D eigenvalue weighted by Crippen LogP contribution is 2.37. The zero-order valence-electron chi connectivity index (χ0n) is 8.64. The number of nitro benzene ring substituents is 1. The van der Waals surface area contributed by atoms with Crippen LogP contribution in [0.4, 0.5) is 5.69 Å². The van der Waals surface area contributed by atoms with Crippen molar-refractivity contribution in [1.29, 1.82) is 0 Å². The zero-order chi connectivity index (χ0) is 11.0. The second-order valence-corrected chi connectivity index (χ2v) is 4.23. The Morgan fingerprint density at radius 2 is 2.13 bits per heavy atom. The first-order chi connectivity index (χ1) is 7.08. The molecule has 0 amide bonds. The van der Waals surface area contributed by atoms with Crippen molar-refractivity contribution in [1.82, 2.24) is 0 Å². The van der Waals surface area contributed by atoms with Crippen LogP contribution in [0.1, 0.15) is 29.9 Å². The summed E-state index contributed by atoms with van der Waals surface area (Å²) in [6.07, 6.45) is 1.89. The first-order valence-corrected chi connectivity index (χ1v) is 5.08. The van der Waals surface area contributed by atoms with E-state index in [1.54, 1.807) is 13.0 Å². The maximum Gasteiger partial charge on any atom is 0.272 e. The van der Waals surface area contributed by atoms with Crippen LogP contribution in [0.25, 0.3) is 0 Å². The largest absolute Gasteiger partial charge is 0.328 e. The molecule has 2 rings (SSSR count). The minimum atomic E-state index is -0.322. The Balaban J connectivity index is 2.27. The molecule has 0 atom stereocenters. The predicted molar refractivity (Wildman–Crippen MR) is 57.8 cm³/mol. The van der Waals surface area contributed by atoms with Gasteiger partial charge in [-0.05, 0) is 31.2 Å². The number of aryl methyl sites for hydroxylation is 1. The summed E-state index contributed by atoms with van der Waals surface area (Å²) in [7, 11) is 0. The molecule has 4 nitrogen and oxygen atoms in total. The van der Waals surface area contributed by atoms with Crippen LogP contribution in [0, 0.1) is 17.0 Å². The number of nitro groups is 1. The summed E-state index contributed by atoms with van der Waals surface area (Å²) in [6, 6.07) is 5.75. The first-order valence-electron chi connectivity index (χ1n) is 5.08. The smallest absolute Gasteiger partial charge is 0.272 e. The van der Waals surface area contributed by atoms with Crippen molar-refractivity contribution in [3.8, 4) is 0 Å². The van der Waals surface area contributed by atoms with Gasteiger partial charge in [-0.25, -0.2) is 0 Å². The third-order valence-corrected chi connectivity index (χ3v) is 3.08. The molecular weight excluding hydrogens is 192 g/mol. The monoisotopic (exact) mass is 206 g/mol. The summed E-state index contributed by atoms with van der Waals surface area (Å²) < 4.78 is 0. The summed E-state index contributed by atoms with van der Waals surface area (Å²) in [5.74, 6) is 0.416. The van der Waals surface area contributed by atoms with Gasteiger partial charge in [0.2, 0.25) is 0 Å². The van der Waals surface area contributed by atoms with Crippen molar-refractivity contribution in [2.45, 2.75) is 31.7 Å². The van der Waals surface area contributed by atoms with E-state index in [1.807, 2.05) is 12.1 Å². The van der Waals surface area contributed by atoms with Crippen LogP contribution in [-0.2, 0) is 0 Å². The third-order valence-electron chi connectivity index (χ3n) is 3.08. The normalized spacial score (nSPS) is 24.7. The molecule has 0 aromatic heterocycles. The van der Waals surface area contributed by atoms with E-state index in [0.29, 0.717) is 11.5 Å². The summed E-state index contributed by atoms with van der Waals surface area (Å²) in [5.41, 5.74) is 7.68. The summed E-state index contributed by atoms with van der Waals surface area (Å²) >= 11 is 0. The Labute approximate surface area is 88.2 Å². The lowest BCUT2D eigenvalue weighted by Crippen LogP contribution is -2.34. The summed E-state index contributed by atoms with van der Waals surface area (Å²) in [4.78, 5) is 10.4. The number of hydrogen-bond acceptors (Lipinski definition) is 3. The van der Waals surface area contributed by atoms with E-state index in [-0.39, 0.29) is 16.7 Å². The lowest BCUT2D eigenvalue weighted by atomic mass is 9.76. The second-order valence-electron chi connectivity index (χ2n) is 4.23. The van der Waals surface area contributed by atoms with Crippen molar-refractivity contribution in [2.24, 2.45) is 5.73 Å². The van der Waals surface area contributed by atoms with Crippen molar-refractivity contribution >= 4 is 5.69 Å². The molecule has 0 heterocycles. The molecule has 1 aromatic rings. The van der Waals surface area contributed by atoms with Gasteiger partial charge in [-0.1, -0.05) is 12.1 Å². The Kier molecular flexibility index (Phi) is 2.44. The van der Waals surface area contributed by atoms with Crippen molar-refractivity contribution < 1.29 is 4.92 Å². The minimum absolute atomic E-state index is 0.216. The van der Waals surface area contributed by atoms with Crippen LogP contribution in [0.2, 0.25) is 0 Å². The van der Waals surface area contributed by atoms with Crippen molar-refractivity contribution in [3.05, 3.63) is 39.4 Å². The topological polar surface area (TPSA) is 69.2 Å². The number of nitrogens with zero attached hydrogens (tertiary/aromatic N) is 1. The van der Waals surface area contributed by atoms with Crippen LogP contribution in [0.15, 0.2) is 18.2 Å². The number of nitrogens with two attached hydrogens (primary N) is 1. The van der Waals surface area contributed by atoms with Crippen LogP contribution < -0.4 is 5.73 Å². The van der Waals surface area contributed by atoms with E-state index in [2.05, 4.69) is 0 Å². The molecular formula is C11H14N2O2. The van der Waals surface area contributed by atoms with Gasteiger partial charge < -0.3 is 5.73 Å². The van der Waals surface area contributed by atoms with E-state index in [4.69, 9.17) is 5.73 Å². The van der Waals surface area contributed by atoms with Crippen LogP contribution in [0.5, 0.6) is 0 Å². The third kappa shape index (κ3) is 1.85. The molecule has 1 fully saturated rings. The predicted octanol–water partition coefficient (Wildman–Crippen LogP) is 2.11. The fourth-order valence-corrected chi connectivity index (χ4v) is 2.01. The molecule has 2 N–H and O–H groups in total. The van der Waals surface area contributed by atoms with Crippen LogP contribution in [-0.4, -0.2) is 11.0 Å². The summed E-state index contributed by atoms with van der Waals surface area (Å²) in [5, 5.41) is 10.7. The van der Waals surface area contributed by atoms with Gasteiger partial charge in [0.1, 0.15) is 0 Å². The van der Waals surface area contributed by atoms with E-state index < -0.39 is 0 Å². The quantitative estimate of drug-likeness (QED) is 0.595. The molecule has 1 aliphatic carbocycles. The number of hydrogen-bond donors (Lipinski definition) is 1. The SMILES string of the molecule is Cc1ccc(C2CC(N)C2)cc1[N+](=O)[O-]. The average molecular weight is 206 g/mol. The van der Waals surface area contributed by atoms with Gasteiger partial charge in [0.25, 0.3) is 5.69 Å². The van der Waals surface area contributed by atoms with Gasteiger partial charge in [-0.15, -0.1) is 0 Å². The van der Waals surface area contributed by atoms with E-state index >= 15 is 0 Å². The zero-order valence-corrected chi connectivity index (χ0v) is 8.64. The minimum Gasteiger partial charge on any atom is -0.328 e. The molecule has 80 valence electrons. The molecule has 4 heteroatoms. The molecule has 1 saturated carbocycles. The fraction of sp³-hybridized carbons (Fsp3) is 0.455. The van der Waals surface area contributed by atoms with Gasteiger partial charge in [-0.3, -0.25) is 10.1 Å². The standard InChI is InChI=1S/C11H14N2O2/c1-7-2-3-8(6-11(7)13(14)15)9-4-10(12)5-9/h2-3,6,9-10H,4-5,12H2,1H3. The molecule has 0 saturated heterocycles. The Bertz CT molecular complexity index is 398. The second kappa shape index (κ2) is 3.62. The molecule has 0 spiro atoms. The Morgan fingerprint density at radius 3 is 2.67 bits per heavy atom. The van der Waals surface area contributed by atoms with E-state index in [1.165, 1.54) is 0 Å². The van der Waals surface area contributed by atoms with E-state index in [0.717, 1.165) is 18.4 Å². The van der Waals surface area contributed by atoms with Gasteiger partial charge in [0.15, 0.2) is 0 Å². The van der Waals surface area contributed by atoms with E-state index in [9.17, 15) is 10.1 Å². The number of rotatable bonds is 2. The number of benzene rings is 1. The Hall–Kier alpha value is -1.42. The van der Waals surface area contributed by atoms with Gasteiger partial charge in [0.05, 0.1) is 4.92 Å². The molecule has 1 aliphatic rings. The van der Waals surface area contributed by atoms with Gasteiger partial charge in [0, 0.05) is 17.7 Å². The molecule has 0 aliphatic heterocycles. The fourth-order valence-electron chi connectivity index (χ4n) is 2.01. The average Bonchev–Trinajstić information content (AvgIpc) is 2.14. The van der Waals surface area contributed by atoms with Crippen molar-refractivity contribution in [2.75, 3.05) is 0 Å². The Morgan fingerprint density at radius 1 is 1.47 bits per heavy atom. The highest BCUT2D eigenvalue weighted by Gasteiger charge is 2.28. The van der Waals surface area contributed by atoms with Gasteiger partial charge >= 0.3 is 0 Å². The molecule has 1 aromatic carbocycles. The van der Waals surface area contributed by atoms with Gasteiger partial charge in [-0.2, -0.15) is 0 Å². The lowest BCUT2D eigenvalue weighted by Gasteiger charge is -2.32. The molecule has 15 heavy (non-hydrogen) atoms. The highest BCUT2D eigenvalue weighted by molar-refractivity contribution is 5.44. The van der Waals surface area contributed by atoms with Crippen LogP contribution >= 0.6 is 0 Å². The van der Waals surface area contributed by atoms with Crippen LogP contribution in [0.3, 0.4) is 0 Å². The maximum atomic E-state index is 10.7. The highest BCUT2D eigenvalue weighted by atomic mass is 16.6. The lowest BCUT2D eigenvalue weighted by molar-refractivity contribution is -0.385. The molecule has 0 unspecified atom stereocenters. The van der Waals surface area contributed by atoms with Crippen molar-refractivity contribution in [3.63, 3.8) is 0 Å². The molecule has 0 bridgehead atoms. The first kappa shape index (κ1) is 10.1. The summed E-state index contributed by atoms with van der Waals surface area (Å²) in [6.45, 7) is 1.76. The maximum absolute atomic E-state index is 10.7. The molecule has 0 radical (unpaired) electrons.